The monoisotopic (exact) mass is 795 g/mol. The Bertz CT molecular complexity index is 1840. The van der Waals surface area contributed by atoms with Crippen LogP contribution < -0.4 is 9.46 Å². The molecule has 4 rings (SSSR count). The van der Waals surface area contributed by atoms with Crippen molar-refractivity contribution in [3.05, 3.63) is 80.8 Å². The van der Waals surface area contributed by atoms with E-state index < -0.39 is 39.1 Å². The maximum Gasteiger partial charge on any atom is 0.326 e. The van der Waals surface area contributed by atoms with Gasteiger partial charge in [-0.25, -0.2) is 17.9 Å². The number of amidine groups is 1. The van der Waals surface area contributed by atoms with Gasteiger partial charge in [0.25, 0.3) is 0 Å². The van der Waals surface area contributed by atoms with Crippen LogP contribution in [0, 0.1) is 5.92 Å². The van der Waals surface area contributed by atoms with Crippen molar-refractivity contribution in [2.24, 2.45) is 10.9 Å². The Labute approximate surface area is 322 Å². The summed E-state index contributed by atoms with van der Waals surface area (Å²) in [5.74, 6) is -0.218. The summed E-state index contributed by atoms with van der Waals surface area (Å²) in [4.78, 5) is 37.8. The Morgan fingerprint density at radius 1 is 1.06 bits per heavy atom. The Kier molecular flexibility index (Phi) is 13.5. The fourth-order valence-corrected chi connectivity index (χ4v) is 8.25. The highest BCUT2D eigenvalue weighted by atomic mass is 35.5. The lowest BCUT2D eigenvalue weighted by atomic mass is 9.83. The van der Waals surface area contributed by atoms with Crippen LogP contribution in [0.2, 0.25) is 10.0 Å². The zero-order chi connectivity index (χ0) is 38.6. The molecule has 1 unspecified atom stereocenters. The topological polar surface area (TPSA) is 121 Å². The second-order valence-corrected chi connectivity index (χ2v) is 17.3. The molecule has 11 nitrogen and oxygen atoms in total. The third-order valence-corrected chi connectivity index (χ3v) is 11.5. The molecule has 1 N–H and O–H groups in total. The number of ether oxygens (including phenoxy) is 2. The predicted octanol–water partition coefficient (Wildman–Crippen LogP) is 7.10. The SMILES string of the molecule is CCOc1cc(Cl)c(S(=O)(=O)NC(C)(C)C)cc1/C(=N/C(C)(C)C1C=CC(Cl)=CC1)N(Cc1ccc(Cl)cc1)C(=O)N1CCN(C)[C@H](C(=O)OC)C1. The third-order valence-electron chi connectivity index (χ3n) is 8.79. The third kappa shape index (κ3) is 10.3. The van der Waals surface area contributed by atoms with Gasteiger partial charge in [0.2, 0.25) is 10.0 Å². The normalized spacial score (nSPS) is 18.9. The van der Waals surface area contributed by atoms with E-state index in [2.05, 4.69) is 4.72 Å². The molecule has 52 heavy (non-hydrogen) atoms. The maximum absolute atomic E-state index is 15.0. The van der Waals surface area contributed by atoms with Crippen LogP contribution in [-0.4, -0.2) is 98.5 Å². The van der Waals surface area contributed by atoms with Crippen molar-refractivity contribution in [2.75, 3.05) is 40.4 Å². The molecule has 2 aromatic carbocycles. The fraction of sp³-hybridized carbons (Fsp3) is 0.486. The molecule has 2 amide bonds. The Morgan fingerprint density at radius 3 is 2.31 bits per heavy atom. The molecule has 1 aliphatic heterocycles. The van der Waals surface area contributed by atoms with Gasteiger partial charge in [0.1, 0.15) is 22.5 Å². The molecular formula is C37H48Cl3N5O6S. The van der Waals surface area contributed by atoms with Gasteiger partial charge in [-0.2, -0.15) is 0 Å². The van der Waals surface area contributed by atoms with E-state index in [1.165, 1.54) is 24.1 Å². The van der Waals surface area contributed by atoms with E-state index in [0.717, 1.165) is 5.56 Å². The second kappa shape index (κ2) is 16.9. The van der Waals surface area contributed by atoms with Crippen LogP contribution in [0.15, 0.2) is 69.5 Å². The number of methoxy groups -OCH3 is 1. The van der Waals surface area contributed by atoms with Crippen molar-refractivity contribution in [1.29, 1.82) is 0 Å². The lowest BCUT2D eigenvalue weighted by molar-refractivity contribution is -0.148. The quantitative estimate of drug-likeness (QED) is 0.155. The van der Waals surface area contributed by atoms with Crippen molar-refractivity contribution in [1.82, 2.24) is 19.4 Å². The number of carbonyl (C=O) groups excluding carboxylic acids is 2. The highest BCUT2D eigenvalue weighted by molar-refractivity contribution is 7.89. The first-order valence-corrected chi connectivity index (χ1v) is 19.6. The van der Waals surface area contributed by atoms with Gasteiger partial charge in [-0.15, -0.1) is 0 Å². The number of carbonyl (C=O) groups is 2. The smallest absolute Gasteiger partial charge is 0.326 e. The summed E-state index contributed by atoms with van der Waals surface area (Å²) in [5, 5.41) is 1.07. The largest absolute Gasteiger partial charge is 0.493 e. The summed E-state index contributed by atoms with van der Waals surface area (Å²) < 4.78 is 41.6. The number of allylic oxidation sites excluding steroid dienone is 3. The molecule has 0 spiro atoms. The number of amides is 2. The van der Waals surface area contributed by atoms with E-state index in [1.807, 2.05) is 37.0 Å². The van der Waals surface area contributed by atoms with Crippen molar-refractivity contribution in [3.8, 4) is 5.75 Å². The van der Waals surface area contributed by atoms with Gasteiger partial charge in [-0.1, -0.05) is 59.1 Å². The lowest BCUT2D eigenvalue weighted by Crippen LogP contribution is -2.59. The number of halogens is 3. The van der Waals surface area contributed by atoms with E-state index in [9.17, 15) is 18.0 Å². The molecule has 2 atom stereocenters. The highest BCUT2D eigenvalue weighted by Crippen LogP contribution is 2.36. The number of rotatable bonds is 10. The maximum atomic E-state index is 15.0. The number of sulfonamides is 1. The van der Waals surface area contributed by atoms with Gasteiger partial charge in [0.15, 0.2) is 0 Å². The molecule has 1 aliphatic carbocycles. The van der Waals surface area contributed by atoms with Gasteiger partial charge in [-0.3, -0.25) is 19.6 Å². The number of urea groups is 1. The standard InChI is InChI=1S/C37H48Cl3N5O6S/c1-9-51-31-21-29(40)32(52(48,49)42-36(2,3)4)20-28(31)33(41-37(5,6)25-12-16-27(39)17-13-25)45(22-24-10-14-26(38)15-11-24)35(47)44-19-18-43(7)30(23-44)34(46)50-8/h10-12,14-17,20-21,25,30,42H,9,13,18-19,22-23H2,1-8H3/b41-33-/t25?,30-/m0/s1. The molecule has 0 radical (unpaired) electrons. The van der Waals surface area contributed by atoms with Crippen molar-refractivity contribution >= 4 is 62.7 Å². The molecule has 15 heteroatoms. The average molecular weight is 797 g/mol. The number of aliphatic imine (C=N–C) groups is 1. The molecule has 2 aliphatic rings. The van der Waals surface area contributed by atoms with Gasteiger partial charge >= 0.3 is 12.0 Å². The summed E-state index contributed by atoms with van der Waals surface area (Å²) in [6.07, 6.45) is 6.28. The van der Waals surface area contributed by atoms with E-state index >= 15 is 0 Å². The first kappa shape index (κ1) is 41.6. The molecular weight excluding hydrogens is 749 g/mol. The molecule has 0 saturated carbocycles. The van der Waals surface area contributed by atoms with Crippen LogP contribution in [0.5, 0.6) is 5.75 Å². The number of hydrogen-bond acceptors (Lipinski definition) is 8. The molecule has 284 valence electrons. The number of nitrogens with zero attached hydrogens (tertiary/aromatic N) is 4. The van der Waals surface area contributed by atoms with Gasteiger partial charge in [0.05, 0.1) is 36.4 Å². The van der Waals surface area contributed by atoms with Crippen LogP contribution in [-0.2, 0) is 26.1 Å². The Morgan fingerprint density at radius 2 is 1.73 bits per heavy atom. The molecule has 2 aromatic rings. The summed E-state index contributed by atoms with van der Waals surface area (Å²) in [6.45, 7) is 11.9. The van der Waals surface area contributed by atoms with Crippen LogP contribution in [0.3, 0.4) is 0 Å². The van der Waals surface area contributed by atoms with Gasteiger partial charge in [-0.05, 0) is 84.8 Å². The predicted molar refractivity (Wildman–Crippen MR) is 207 cm³/mol. The van der Waals surface area contributed by atoms with E-state index in [-0.39, 0.29) is 52.7 Å². The van der Waals surface area contributed by atoms with E-state index in [0.29, 0.717) is 29.6 Å². The van der Waals surface area contributed by atoms with Crippen molar-refractivity contribution < 1.29 is 27.5 Å². The number of piperazine rings is 1. The number of nitrogens with one attached hydrogen (secondary N) is 1. The summed E-state index contributed by atoms with van der Waals surface area (Å²) in [7, 11) is -1.06. The Balaban J connectivity index is 2.02. The highest BCUT2D eigenvalue weighted by Gasteiger charge is 2.39. The molecule has 1 saturated heterocycles. The Hall–Kier alpha value is -3.13. The minimum absolute atomic E-state index is 0.0168. The van der Waals surface area contributed by atoms with Crippen molar-refractivity contribution in [3.63, 3.8) is 0 Å². The minimum Gasteiger partial charge on any atom is -0.493 e. The summed E-state index contributed by atoms with van der Waals surface area (Å²) in [6, 6.07) is 8.75. The number of esters is 1. The zero-order valence-electron chi connectivity index (χ0n) is 30.9. The van der Waals surface area contributed by atoms with Crippen molar-refractivity contribution in [2.45, 2.75) is 76.5 Å². The van der Waals surface area contributed by atoms with Crippen LogP contribution in [0.1, 0.15) is 59.1 Å². The summed E-state index contributed by atoms with van der Waals surface area (Å²) in [5.41, 5.74) is -0.719. The summed E-state index contributed by atoms with van der Waals surface area (Å²) >= 11 is 19.2. The molecule has 0 bridgehead atoms. The van der Waals surface area contributed by atoms with Gasteiger partial charge < -0.3 is 14.4 Å². The first-order chi connectivity index (χ1) is 24.3. The average Bonchev–Trinajstić information content (AvgIpc) is 3.06. The molecule has 0 aromatic heterocycles. The van der Waals surface area contributed by atoms with Crippen LogP contribution in [0.25, 0.3) is 0 Å². The number of likely N-dealkylation sites (N-methyl/N-ethyl adjacent to an activating group) is 1. The number of benzene rings is 2. The first-order valence-electron chi connectivity index (χ1n) is 17.0. The lowest BCUT2D eigenvalue weighted by Gasteiger charge is -2.41. The fourth-order valence-electron chi connectivity index (χ4n) is 6.00. The molecule has 1 fully saturated rings. The minimum atomic E-state index is -4.17. The molecule has 1 heterocycles. The number of hydrogen-bond donors (Lipinski definition) is 1. The van der Waals surface area contributed by atoms with Gasteiger partial charge in [0, 0.05) is 47.2 Å². The van der Waals surface area contributed by atoms with E-state index in [1.54, 1.807) is 63.9 Å². The van der Waals surface area contributed by atoms with Crippen LogP contribution in [0.4, 0.5) is 4.79 Å². The van der Waals surface area contributed by atoms with Crippen LogP contribution >= 0.6 is 34.8 Å². The van der Waals surface area contributed by atoms with E-state index in [4.69, 9.17) is 49.3 Å². The zero-order valence-corrected chi connectivity index (χ0v) is 34.0. The second-order valence-electron chi connectivity index (χ2n) is 14.4.